The van der Waals surface area contributed by atoms with Crippen molar-refractivity contribution in [3.05, 3.63) is 42.0 Å². The second kappa shape index (κ2) is 7.40. The molecule has 2 aromatic rings. The zero-order chi connectivity index (χ0) is 13.5. The number of thioether (sulfide) groups is 2. The van der Waals surface area contributed by atoms with E-state index in [4.69, 9.17) is 0 Å². The maximum absolute atomic E-state index is 4.52. The predicted octanol–water partition coefficient (Wildman–Crippen LogP) is 3.92. The average Bonchev–Trinajstić information content (AvgIpc) is 2.46. The van der Waals surface area contributed by atoms with E-state index >= 15 is 0 Å². The molecule has 2 rings (SSSR count). The first kappa shape index (κ1) is 14.2. The SMILES string of the molecule is CCNc1cc(SCc2ccccc2)nc(SC)n1. The summed E-state index contributed by atoms with van der Waals surface area (Å²) in [5.41, 5.74) is 1.31. The summed E-state index contributed by atoms with van der Waals surface area (Å²) in [5.74, 6) is 1.83. The first-order chi connectivity index (χ1) is 9.31. The predicted molar refractivity (Wildman–Crippen MR) is 84.0 cm³/mol. The number of benzene rings is 1. The molecule has 0 spiro atoms. The van der Waals surface area contributed by atoms with Crippen LogP contribution in [0.1, 0.15) is 12.5 Å². The van der Waals surface area contributed by atoms with Crippen LogP contribution in [0.15, 0.2) is 46.6 Å². The molecule has 5 heteroatoms. The lowest BCUT2D eigenvalue weighted by Gasteiger charge is -2.07. The van der Waals surface area contributed by atoms with E-state index in [2.05, 4.69) is 46.5 Å². The van der Waals surface area contributed by atoms with Gasteiger partial charge in [0.2, 0.25) is 0 Å². The normalized spacial score (nSPS) is 10.4. The van der Waals surface area contributed by atoms with E-state index in [1.165, 1.54) is 5.56 Å². The summed E-state index contributed by atoms with van der Waals surface area (Å²) in [6.07, 6.45) is 2.00. The van der Waals surface area contributed by atoms with Crippen molar-refractivity contribution in [1.29, 1.82) is 0 Å². The molecule has 0 unspecified atom stereocenters. The molecule has 3 nitrogen and oxygen atoms in total. The number of anilines is 1. The van der Waals surface area contributed by atoms with Crippen LogP contribution in [-0.4, -0.2) is 22.8 Å². The summed E-state index contributed by atoms with van der Waals surface area (Å²) in [7, 11) is 0. The fraction of sp³-hybridized carbons (Fsp3) is 0.286. The largest absolute Gasteiger partial charge is 0.370 e. The molecule has 0 radical (unpaired) electrons. The van der Waals surface area contributed by atoms with Gasteiger partial charge in [0, 0.05) is 18.4 Å². The van der Waals surface area contributed by atoms with Crippen molar-refractivity contribution in [2.45, 2.75) is 22.9 Å². The van der Waals surface area contributed by atoms with Gasteiger partial charge < -0.3 is 5.32 Å². The number of hydrogen-bond donors (Lipinski definition) is 1. The Kier molecular flexibility index (Phi) is 5.54. The van der Waals surface area contributed by atoms with E-state index in [0.717, 1.165) is 28.3 Å². The summed E-state index contributed by atoms with van der Waals surface area (Å²) < 4.78 is 0. The molecular formula is C14H17N3S2. The Morgan fingerprint density at radius 1 is 1.16 bits per heavy atom. The Hall–Kier alpha value is -1.20. The van der Waals surface area contributed by atoms with E-state index in [-0.39, 0.29) is 0 Å². The number of nitrogens with zero attached hydrogens (tertiary/aromatic N) is 2. The van der Waals surface area contributed by atoms with Gasteiger partial charge in [-0.25, -0.2) is 9.97 Å². The Morgan fingerprint density at radius 3 is 2.63 bits per heavy atom. The average molecular weight is 291 g/mol. The maximum Gasteiger partial charge on any atom is 0.190 e. The van der Waals surface area contributed by atoms with Crippen molar-refractivity contribution in [2.75, 3.05) is 18.1 Å². The molecule has 1 aromatic heterocycles. The zero-order valence-electron chi connectivity index (χ0n) is 11.1. The van der Waals surface area contributed by atoms with Crippen molar-refractivity contribution >= 4 is 29.3 Å². The summed E-state index contributed by atoms with van der Waals surface area (Å²) >= 11 is 3.31. The first-order valence-corrected chi connectivity index (χ1v) is 8.36. The van der Waals surface area contributed by atoms with Crippen molar-refractivity contribution < 1.29 is 0 Å². The lowest BCUT2D eigenvalue weighted by atomic mass is 10.2. The molecule has 0 aliphatic heterocycles. The van der Waals surface area contributed by atoms with Crippen LogP contribution < -0.4 is 5.32 Å². The third kappa shape index (κ3) is 4.44. The molecule has 1 aromatic carbocycles. The topological polar surface area (TPSA) is 37.8 Å². The molecule has 0 aliphatic carbocycles. The van der Waals surface area contributed by atoms with Gasteiger partial charge in [0.05, 0.1) is 0 Å². The van der Waals surface area contributed by atoms with Gasteiger partial charge >= 0.3 is 0 Å². The van der Waals surface area contributed by atoms with E-state index in [1.54, 1.807) is 23.5 Å². The molecule has 0 amide bonds. The van der Waals surface area contributed by atoms with Gasteiger partial charge in [0.15, 0.2) is 5.16 Å². The van der Waals surface area contributed by atoms with Gasteiger partial charge in [-0.15, -0.1) is 11.8 Å². The minimum atomic E-state index is 0.814. The summed E-state index contributed by atoms with van der Waals surface area (Å²) in [5, 5.41) is 5.07. The second-order valence-corrected chi connectivity index (χ2v) is 5.65. The zero-order valence-corrected chi connectivity index (χ0v) is 12.7. The van der Waals surface area contributed by atoms with Crippen LogP contribution in [0.2, 0.25) is 0 Å². The quantitative estimate of drug-likeness (QED) is 0.496. The van der Waals surface area contributed by atoms with E-state index in [0.29, 0.717) is 0 Å². The summed E-state index contributed by atoms with van der Waals surface area (Å²) in [4.78, 5) is 8.95. The molecular weight excluding hydrogens is 274 g/mol. The lowest BCUT2D eigenvalue weighted by molar-refractivity contribution is 0.891. The molecule has 0 aliphatic rings. The first-order valence-electron chi connectivity index (χ1n) is 6.15. The van der Waals surface area contributed by atoms with Gasteiger partial charge in [-0.3, -0.25) is 0 Å². The van der Waals surface area contributed by atoms with E-state index in [9.17, 15) is 0 Å². The van der Waals surface area contributed by atoms with Crippen LogP contribution in [0.25, 0.3) is 0 Å². The van der Waals surface area contributed by atoms with Crippen LogP contribution >= 0.6 is 23.5 Å². The van der Waals surface area contributed by atoms with Gasteiger partial charge in [0.1, 0.15) is 10.8 Å². The molecule has 1 N–H and O–H groups in total. The highest BCUT2D eigenvalue weighted by molar-refractivity contribution is 7.99. The Labute approximate surface area is 122 Å². The minimum absolute atomic E-state index is 0.814. The van der Waals surface area contributed by atoms with Crippen LogP contribution in [-0.2, 0) is 5.75 Å². The summed E-state index contributed by atoms with van der Waals surface area (Å²) in [6, 6.07) is 12.4. The molecule has 0 atom stereocenters. The molecule has 0 fully saturated rings. The van der Waals surface area contributed by atoms with Crippen molar-refractivity contribution in [3.63, 3.8) is 0 Å². The molecule has 0 saturated heterocycles. The number of aromatic nitrogens is 2. The number of nitrogens with one attached hydrogen (secondary N) is 1. The third-order valence-electron chi connectivity index (χ3n) is 2.45. The number of hydrogen-bond acceptors (Lipinski definition) is 5. The van der Waals surface area contributed by atoms with Crippen LogP contribution in [0.3, 0.4) is 0 Å². The van der Waals surface area contributed by atoms with E-state index in [1.807, 2.05) is 18.4 Å². The highest BCUT2D eigenvalue weighted by Gasteiger charge is 2.04. The van der Waals surface area contributed by atoms with Crippen LogP contribution in [0.5, 0.6) is 0 Å². The molecule has 0 bridgehead atoms. The fourth-order valence-electron chi connectivity index (χ4n) is 1.57. The molecule has 1 heterocycles. The summed E-state index contributed by atoms with van der Waals surface area (Å²) in [6.45, 7) is 2.94. The molecule has 0 saturated carbocycles. The number of rotatable bonds is 6. The maximum atomic E-state index is 4.52. The Bertz CT molecular complexity index is 517. The monoisotopic (exact) mass is 291 g/mol. The van der Waals surface area contributed by atoms with Crippen molar-refractivity contribution in [2.24, 2.45) is 0 Å². The standard InChI is InChI=1S/C14H17N3S2/c1-3-15-12-9-13(17-14(16-12)18-2)19-10-11-7-5-4-6-8-11/h4-9H,3,10H2,1-2H3,(H,15,16,17). The fourth-order valence-corrected chi connectivity index (χ4v) is 2.86. The molecule has 19 heavy (non-hydrogen) atoms. The Morgan fingerprint density at radius 2 is 1.95 bits per heavy atom. The second-order valence-electron chi connectivity index (χ2n) is 3.88. The van der Waals surface area contributed by atoms with E-state index < -0.39 is 0 Å². The van der Waals surface area contributed by atoms with Gasteiger partial charge in [-0.05, 0) is 18.7 Å². The lowest BCUT2D eigenvalue weighted by Crippen LogP contribution is -2.01. The third-order valence-corrected chi connectivity index (χ3v) is 3.98. The van der Waals surface area contributed by atoms with Crippen molar-refractivity contribution in [1.82, 2.24) is 9.97 Å². The van der Waals surface area contributed by atoms with Crippen LogP contribution in [0, 0.1) is 0 Å². The van der Waals surface area contributed by atoms with Gasteiger partial charge in [-0.2, -0.15) is 0 Å². The smallest absolute Gasteiger partial charge is 0.190 e. The van der Waals surface area contributed by atoms with Crippen LogP contribution in [0.4, 0.5) is 5.82 Å². The Balaban J connectivity index is 2.08. The van der Waals surface area contributed by atoms with Crippen molar-refractivity contribution in [3.8, 4) is 0 Å². The van der Waals surface area contributed by atoms with Gasteiger partial charge in [-0.1, -0.05) is 42.1 Å². The highest BCUT2D eigenvalue weighted by atomic mass is 32.2. The highest BCUT2D eigenvalue weighted by Crippen LogP contribution is 2.25. The minimum Gasteiger partial charge on any atom is -0.370 e. The van der Waals surface area contributed by atoms with Gasteiger partial charge in [0.25, 0.3) is 0 Å². The molecule has 100 valence electrons.